The average molecular weight is 486 g/mol. The van der Waals surface area contributed by atoms with Gasteiger partial charge in [0.2, 0.25) is 5.95 Å². The molecule has 0 unspecified atom stereocenters. The second-order valence-corrected chi connectivity index (χ2v) is 8.78. The lowest BCUT2D eigenvalue weighted by atomic mass is 10.1. The average Bonchev–Trinajstić information content (AvgIpc) is 2.88. The molecule has 1 saturated heterocycles. The van der Waals surface area contributed by atoms with Gasteiger partial charge >= 0.3 is 5.63 Å². The highest BCUT2D eigenvalue weighted by atomic mass is 16.5. The number of Topliss-reactive ketones (excluding diaryl/α,β-unsaturated/α-hetero) is 1. The van der Waals surface area contributed by atoms with Gasteiger partial charge in [-0.15, -0.1) is 0 Å². The first kappa shape index (κ1) is 23.5. The number of hydrogen-bond acceptors (Lipinski definition) is 9. The van der Waals surface area contributed by atoms with E-state index < -0.39 is 5.63 Å². The van der Waals surface area contributed by atoms with Crippen molar-refractivity contribution >= 4 is 39.8 Å². The lowest BCUT2D eigenvalue weighted by molar-refractivity contribution is 0.101. The largest absolute Gasteiger partial charge is 0.422 e. The predicted molar refractivity (Wildman–Crippen MR) is 141 cm³/mol. The number of morpholine rings is 1. The van der Waals surface area contributed by atoms with Crippen LogP contribution < -0.4 is 20.7 Å². The van der Waals surface area contributed by atoms with Crippen LogP contribution >= 0.6 is 0 Å². The molecule has 0 spiro atoms. The fraction of sp³-hybridized carbons (Fsp3) is 0.259. The first-order chi connectivity index (χ1) is 17.4. The highest BCUT2D eigenvalue weighted by Gasteiger charge is 2.24. The minimum Gasteiger partial charge on any atom is -0.422 e. The topological polar surface area (TPSA) is 101 Å². The highest BCUT2D eigenvalue weighted by Crippen LogP contribution is 2.33. The molecular formula is C27H27N5O4. The van der Waals surface area contributed by atoms with Crippen molar-refractivity contribution in [1.82, 2.24) is 9.97 Å². The zero-order chi connectivity index (χ0) is 25.2. The molecule has 2 aromatic carbocycles. The molecular weight excluding hydrogens is 458 g/mol. The second kappa shape index (κ2) is 9.79. The predicted octanol–water partition coefficient (Wildman–Crippen LogP) is 4.10. The summed E-state index contributed by atoms with van der Waals surface area (Å²) in [6.07, 6.45) is 1.70. The first-order valence-electron chi connectivity index (χ1n) is 11.7. The van der Waals surface area contributed by atoms with Crippen molar-refractivity contribution in [2.24, 2.45) is 0 Å². The third-order valence-electron chi connectivity index (χ3n) is 6.13. The van der Waals surface area contributed by atoms with Crippen LogP contribution in [0.15, 0.2) is 63.9 Å². The number of hydrogen-bond donors (Lipinski definition) is 1. The number of ketones is 1. The van der Waals surface area contributed by atoms with Crippen molar-refractivity contribution < 1.29 is 13.9 Å². The number of benzene rings is 2. The van der Waals surface area contributed by atoms with Gasteiger partial charge in [0.1, 0.15) is 11.1 Å². The SMILES string of the molecule is CC(=O)c1c(N2CCOCC2)c2ccc(Nc3nccc(-c4ccccc4N(C)C)n3)cc2oc1=O. The minimum absolute atomic E-state index is 0.0701. The molecule has 0 aliphatic carbocycles. The number of nitrogens with zero attached hydrogens (tertiary/aromatic N) is 4. The number of carbonyl (C=O) groups excluding carboxylic acids is 1. The Kier molecular flexibility index (Phi) is 6.39. The first-order valence-corrected chi connectivity index (χ1v) is 11.7. The van der Waals surface area contributed by atoms with E-state index in [0.29, 0.717) is 54.6 Å². The van der Waals surface area contributed by atoms with Crippen molar-refractivity contribution in [1.29, 1.82) is 0 Å². The van der Waals surface area contributed by atoms with Crippen LogP contribution in [0.2, 0.25) is 0 Å². The summed E-state index contributed by atoms with van der Waals surface area (Å²) in [5.41, 5.74) is 3.88. The Morgan fingerprint density at radius 3 is 2.61 bits per heavy atom. The van der Waals surface area contributed by atoms with Gasteiger partial charge in [-0.2, -0.15) is 0 Å². The number of rotatable bonds is 6. The smallest absolute Gasteiger partial charge is 0.349 e. The van der Waals surface area contributed by atoms with E-state index in [4.69, 9.17) is 14.1 Å². The van der Waals surface area contributed by atoms with Crippen LogP contribution in [-0.2, 0) is 4.74 Å². The van der Waals surface area contributed by atoms with Gasteiger partial charge in [-0.3, -0.25) is 4.79 Å². The van der Waals surface area contributed by atoms with Crippen molar-refractivity contribution in [3.05, 3.63) is 70.7 Å². The van der Waals surface area contributed by atoms with Crippen LogP contribution in [0.25, 0.3) is 22.2 Å². The van der Waals surface area contributed by atoms with E-state index in [1.54, 1.807) is 12.3 Å². The fourth-order valence-electron chi connectivity index (χ4n) is 4.47. The van der Waals surface area contributed by atoms with Crippen LogP contribution in [-0.4, -0.2) is 56.1 Å². The molecule has 1 N–H and O–H groups in total. The van der Waals surface area contributed by atoms with E-state index >= 15 is 0 Å². The van der Waals surface area contributed by atoms with E-state index in [0.717, 1.165) is 16.9 Å². The van der Waals surface area contributed by atoms with Gasteiger partial charge in [-0.05, 0) is 31.2 Å². The van der Waals surface area contributed by atoms with E-state index in [-0.39, 0.29) is 11.3 Å². The maximum Gasteiger partial charge on any atom is 0.349 e. The second-order valence-electron chi connectivity index (χ2n) is 8.78. The molecule has 184 valence electrons. The Bertz CT molecular complexity index is 1490. The number of anilines is 4. The molecule has 3 heterocycles. The highest BCUT2D eigenvalue weighted by molar-refractivity contribution is 6.07. The molecule has 9 nitrogen and oxygen atoms in total. The molecule has 36 heavy (non-hydrogen) atoms. The number of aromatic nitrogens is 2. The minimum atomic E-state index is -0.646. The van der Waals surface area contributed by atoms with Crippen molar-refractivity contribution in [2.75, 3.05) is 55.5 Å². The Balaban J connectivity index is 1.53. The molecule has 2 aromatic heterocycles. The van der Waals surface area contributed by atoms with Crippen LogP contribution in [0.3, 0.4) is 0 Å². The molecule has 9 heteroatoms. The standard InChI is InChI=1S/C27H27N5O4/c1-17(33)24-25(32-12-14-35-15-13-32)20-9-8-18(16-23(20)36-26(24)34)29-27-28-11-10-21(30-27)19-6-4-5-7-22(19)31(2)3/h4-11,16H,12-15H2,1-3H3,(H,28,29,30). The van der Waals surface area contributed by atoms with Gasteiger partial charge < -0.3 is 24.3 Å². The van der Waals surface area contributed by atoms with Crippen molar-refractivity contribution in [2.45, 2.75) is 6.92 Å². The molecule has 0 atom stereocenters. The lowest BCUT2D eigenvalue weighted by Crippen LogP contribution is -2.38. The normalized spacial score (nSPS) is 13.6. The zero-order valence-corrected chi connectivity index (χ0v) is 20.4. The molecule has 4 aromatic rings. The van der Waals surface area contributed by atoms with Crippen molar-refractivity contribution in [3.8, 4) is 11.3 Å². The fourth-order valence-corrected chi connectivity index (χ4v) is 4.47. The van der Waals surface area contributed by atoms with Gasteiger partial charge in [-0.1, -0.05) is 18.2 Å². The summed E-state index contributed by atoms with van der Waals surface area (Å²) < 4.78 is 11.0. The molecule has 0 radical (unpaired) electrons. The number of fused-ring (bicyclic) bond motifs is 1. The molecule has 0 amide bonds. The summed E-state index contributed by atoms with van der Waals surface area (Å²) in [4.78, 5) is 38.3. The van der Waals surface area contributed by atoms with E-state index in [2.05, 4.69) is 10.3 Å². The summed E-state index contributed by atoms with van der Waals surface area (Å²) in [7, 11) is 3.98. The van der Waals surface area contributed by atoms with Gasteiger partial charge in [0.05, 0.1) is 24.6 Å². The monoisotopic (exact) mass is 485 g/mol. The number of para-hydroxylation sites is 1. The summed E-state index contributed by atoms with van der Waals surface area (Å²) in [6, 6.07) is 15.3. The summed E-state index contributed by atoms with van der Waals surface area (Å²) in [5.74, 6) is 0.0917. The Labute approximate surface area is 208 Å². The maximum absolute atomic E-state index is 12.8. The zero-order valence-electron chi connectivity index (χ0n) is 20.4. The summed E-state index contributed by atoms with van der Waals surface area (Å²) in [5, 5.41) is 3.91. The molecule has 1 aliphatic rings. The third kappa shape index (κ3) is 4.52. The number of nitrogens with one attached hydrogen (secondary N) is 1. The Morgan fingerprint density at radius 1 is 1.08 bits per heavy atom. The molecule has 1 fully saturated rings. The molecule has 1 aliphatic heterocycles. The third-order valence-corrected chi connectivity index (χ3v) is 6.13. The molecule has 5 rings (SSSR count). The Hall–Kier alpha value is -4.24. The van der Waals surface area contributed by atoms with Crippen LogP contribution in [0.5, 0.6) is 0 Å². The van der Waals surface area contributed by atoms with Gasteiger partial charge in [-0.25, -0.2) is 14.8 Å². The van der Waals surface area contributed by atoms with Crippen LogP contribution in [0.4, 0.5) is 23.0 Å². The number of carbonyl (C=O) groups is 1. The van der Waals surface area contributed by atoms with Gasteiger partial charge in [0.15, 0.2) is 5.78 Å². The Morgan fingerprint density at radius 2 is 1.86 bits per heavy atom. The van der Waals surface area contributed by atoms with E-state index in [9.17, 15) is 9.59 Å². The van der Waals surface area contributed by atoms with Gasteiger partial charge in [0.25, 0.3) is 0 Å². The lowest BCUT2D eigenvalue weighted by Gasteiger charge is -2.30. The number of ether oxygens (including phenoxy) is 1. The molecule has 0 bridgehead atoms. The summed E-state index contributed by atoms with van der Waals surface area (Å²) >= 11 is 0. The summed E-state index contributed by atoms with van der Waals surface area (Å²) in [6.45, 7) is 3.63. The molecule has 0 saturated carbocycles. The van der Waals surface area contributed by atoms with Gasteiger partial charge in [0, 0.05) is 61.8 Å². The van der Waals surface area contributed by atoms with Crippen LogP contribution in [0, 0.1) is 0 Å². The van der Waals surface area contributed by atoms with E-state index in [1.807, 2.05) is 66.4 Å². The van der Waals surface area contributed by atoms with E-state index in [1.165, 1.54) is 6.92 Å². The van der Waals surface area contributed by atoms with Crippen LogP contribution in [0.1, 0.15) is 17.3 Å². The van der Waals surface area contributed by atoms with Crippen molar-refractivity contribution in [3.63, 3.8) is 0 Å². The maximum atomic E-state index is 12.8. The quantitative estimate of drug-likeness (QED) is 0.319.